The Bertz CT molecular complexity index is 3860. The molecule has 80 heavy (non-hydrogen) atoms. The van der Waals surface area contributed by atoms with Crippen LogP contribution in [0, 0.1) is 0 Å². The summed E-state index contributed by atoms with van der Waals surface area (Å²) in [6, 6.07) is 107. The van der Waals surface area contributed by atoms with E-state index < -0.39 is 14.9 Å². The first kappa shape index (κ1) is 48.7. The van der Waals surface area contributed by atoms with E-state index in [1.807, 2.05) is 133 Å². The SMILES string of the molecule is O=P1(c2ccccc2-c2ccccc2P2(=O)N(c3cccc(-c4ccccc4)c3)c3ccccc3N2c2cccc(-c3ccccc3)c2)N(c2cccc(-c3ccccc3)c2)c2ccccc2N1c1cccc(-c2ccccc2)c1. The summed E-state index contributed by atoms with van der Waals surface area (Å²) in [5.74, 6) is 0. The van der Waals surface area contributed by atoms with Gasteiger partial charge >= 0.3 is 14.9 Å². The third-order valence-electron chi connectivity index (χ3n) is 15.3. The van der Waals surface area contributed by atoms with E-state index in [0.29, 0.717) is 21.7 Å². The molecular weight excluding hydrogens is 1010 g/mol. The minimum absolute atomic E-state index is 0.595. The van der Waals surface area contributed by atoms with Crippen molar-refractivity contribution in [3.8, 4) is 55.6 Å². The largest absolute Gasteiger partial charge is 0.302 e. The van der Waals surface area contributed by atoms with Crippen LogP contribution in [-0.2, 0) is 9.13 Å². The lowest BCUT2D eigenvalue weighted by Gasteiger charge is -2.36. The second-order valence-corrected chi connectivity index (χ2v) is 24.8. The number of anilines is 8. The smallest absolute Gasteiger partial charge is 0.270 e. The number of hydrogen-bond acceptors (Lipinski definition) is 2. The van der Waals surface area contributed by atoms with Crippen molar-refractivity contribution in [2.24, 2.45) is 0 Å². The Morgan fingerprint density at radius 3 is 0.675 bits per heavy atom. The molecule has 2 aliphatic heterocycles. The lowest BCUT2D eigenvalue weighted by molar-refractivity contribution is 0.581. The van der Waals surface area contributed by atoms with Crippen LogP contribution in [0.15, 0.2) is 315 Å². The average Bonchev–Trinajstić information content (AvgIpc) is 4.21. The Balaban J connectivity index is 1.03. The van der Waals surface area contributed by atoms with Crippen molar-refractivity contribution in [3.05, 3.63) is 315 Å². The molecule has 0 N–H and O–H groups in total. The molecule has 6 nitrogen and oxygen atoms in total. The zero-order chi connectivity index (χ0) is 53.6. The molecule has 0 radical (unpaired) electrons. The Morgan fingerprint density at radius 2 is 0.412 bits per heavy atom. The average molecular weight is 1070 g/mol. The Kier molecular flexibility index (Phi) is 12.3. The van der Waals surface area contributed by atoms with Gasteiger partial charge in [0, 0.05) is 0 Å². The number of fused-ring (bicyclic) bond motifs is 2. The number of para-hydroxylation sites is 4. The van der Waals surface area contributed by atoms with Crippen LogP contribution < -0.4 is 29.3 Å². The predicted molar refractivity (Wildman–Crippen MR) is 335 cm³/mol. The van der Waals surface area contributed by atoms with E-state index in [4.69, 9.17) is 0 Å². The molecule has 14 rings (SSSR count). The maximum Gasteiger partial charge on any atom is 0.302 e. The summed E-state index contributed by atoms with van der Waals surface area (Å²) in [4.78, 5) is 0. The first-order valence-corrected chi connectivity index (χ1v) is 30.1. The fourth-order valence-electron chi connectivity index (χ4n) is 11.7. The summed E-state index contributed by atoms with van der Waals surface area (Å²) in [6.45, 7) is 0. The van der Waals surface area contributed by atoms with E-state index in [9.17, 15) is 0 Å². The fourth-order valence-corrected chi connectivity index (χ4v) is 18.1. The van der Waals surface area contributed by atoms with Crippen LogP contribution in [0.5, 0.6) is 0 Å². The highest BCUT2D eigenvalue weighted by Crippen LogP contribution is 2.73. The minimum Gasteiger partial charge on any atom is -0.270 e. The molecule has 2 heterocycles. The molecule has 0 amide bonds. The molecule has 12 aromatic carbocycles. The van der Waals surface area contributed by atoms with E-state index in [1.165, 1.54) is 0 Å². The molecular formula is C72H52N4O2P2. The Labute approximate surface area is 467 Å². The van der Waals surface area contributed by atoms with Crippen molar-refractivity contribution in [2.45, 2.75) is 0 Å². The molecule has 0 atom stereocenters. The Morgan fingerprint density at radius 1 is 0.200 bits per heavy atom. The molecule has 12 aromatic rings. The normalized spacial score (nSPS) is 13.9. The van der Waals surface area contributed by atoms with Gasteiger partial charge < -0.3 is 0 Å². The van der Waals surface area contributed by atoms with Gasteiger partial charge in [0.2, 0.25) is 0 Å². The number of hydrogen-bond donors (Lipinski definition) is 0. The summed E-state index contributed by atoms with van der Waals surface area (Å²) in [7, 11) is -8.21. The first-order valence-electron chi connectivity index (χ1n) is 26.9. The quantitative estimate of drug-likeness (QED) is 0.120. The van der Waals surface area contributed by atoms with E-state index in [2.05, 4.69) is 201 Å². The van der Waals surface area contributed by atoms with Gasteiger partial charge in [0.25, 0.3) is 0 Å². The van der Waals surface area contributed by atoms with Gasteiger partial charge in [-0.15, -0.1) is 0 Å². The lowest BCUT2D eigenvalue weighted by Crippen LogP contribution is -2.31. The van der Waals surface area contributed by atoms with Crippen LogP contribution in [0.3, 0.4) is 0 Å². The molecule has 0 saturated carbocycles. The molecule has 0 bridgehead atoms. The van der Waals surface area contributed by atoms with Crippen molar-refractivity contribution in [3.63, 3.8) is 0 Å². The number of benzene rings is 12. The molecule has 0 spiro atoms. The second-order valence-electron chi connectivity index (χ2n) is 20.0. The molecule has 0 unspecified atom stereocenters. The van der Waals surface area contributed by atoms with E-state index in [1.54, 1.807) is 0 Å². The summed E-state index contributed by atoms with van der Waals surface area (Å²) in [6.07, 6.45) is 0. The first-order chi connectivity index (χ1) is 39.5. The monoisotopic (exact) mass is 1070 g/mol. The van der Waals surface area contributed by atoms with E-state index in [0.717, 1.165) is 90.0 Å². The minimum atomic E-state index is -4.10. The van der Waals surface area contributed by atoms with Crippen LogP contribution in [0.25, 0.3) is 55.6 Å². The highest BCUT2D eigenvalue weighted by molar-refractivity contribution is 7.77. The van der Waals surface area contributed by atoms with Crippen LogP contribution in [-0.4, -0.2) is 0 Å². The van der Waals surface area contributed by atoms with Gasteiger partial charge in [-0.05, 0) is 141 Å². The predicted octanol–water partition coefficient (Wildman–Crippen LogP) is 19.6. The third-order valence-corrected chi connectivity index (χ3v) is 21.3. The molecule has 0 aliphatic carbocycles. The van der Waals surface area contributed by atoms with E-state index in [-0.39, 0.29) is 0 Å². The van der Waals surface area contributed by atoms with Crippen molar-refractivity contribution < 1.29 is 9.13 Å². The van der Waals surface area contributed by atoms with Crippen LogP contribution in [0.1, 0.15) is 0 Å². The van der Waals surface area contributed by atoms with Gasteiger partial charge in [-0.3, -0.25) is 27.8 Å². The fraction of sp³-hybridized carbons (Fsp3) is 0. The molecule has 2 aliphatic rings. The number of nitrogens with zero attached hydrogens (tertiary/aromatic N) is 4. The van der Waals surface area contributed by atoms with Gasteiger partial charge in [-0.1, -0.05) is 231 Å². The zero-order valence-corrected chi connectivity index (χ0v) is 45.3. The van der Waals surface area contributed by atoms with Crippen LogP contribution >= 0.6 is 14.9 Å². The van der Waals surface area contributed by atoms with Crippen molar-refractivity contribution in [2.75, 3.05) is 18.7 Å². The summed E-state index contributed by atoms with van der Waals surface area (Å²) < 4.78 is 44.7. The number of rotatable bonds is 11. The topological polar surface area (TPSA) is 47.1 Å². The van der Waals surface area contributed by atoms with Gasteiger partial charge in [0.05, 0.1) is 56.1 Å². The van der Waals surface area contributed by atoms with Gasteiger partial charge in [-0.2, -0.15) is 0 Å². The molecule has 382 valence electrons. The van der Waals surface area contributed by atoms with Crippen LogP contribution in [0.4, 0.5) is 45.5 Å². The summed E-state index contributed by atoms with van der Waals surface area (Å²) in [5, 5.41) is 1.19. The third kappa shape index (κ3) is 8.19. The van der Waals surface area contributed by atoms with Gasteiger partial charge in [-0.25, -0.2) is 0 Å². The van der Waals surface area contributed by atoms with Gasteiger partial charge in [0.1, 0.15) is 0 Å². The highest BCUT2D eigenvalue weighted by Gasteiger charge is 2.53. The maximum atomic E-state index is 18.2. The van der Waals surface area contributed by atoms with Crippen molar-refractivity contribution in [1.29, 1.82) is 0 Å². The van der Waals surface area contributed by atoms with Crippen LogP contribution in [0.2, 0.25) is 0 Å². The highest BCUT2D eigenvalue weighted by atomic mass is 31.2. The lowest BCUT2D eigenvalue weighted by atomic mass is 10.0. The van der Waals surface area contributed by atoms with Crippen molar-refractivity contribution >= 4 is 71.0 Å². The molecule has 0 aromatic heterocycles. The van der Waals surface area contributed by atoms with Crippen molar-refractivity contribution in [1.82, 2.24) is 0 Å². The second kappa shape index (κ2) is 20.3. The summed E-state index contributed by atoms with van der Waals surface area (Å²) >= 11 is 0. The maximum absolute atomic E-state index is 18.2. The van der Waals surface area contributed by atoms with E-state index >= 15 is 9.13 Å². The summed E-state index contributed by atoms with van der Waals surface area (Å²) in [5.41, 5.74) is 16.0. The molecule has 8 heteroatoms. The zero-order valence-electron chi connectivity index (χ0n) is 43.5. The standard InChI is InChI=1S/C72H52N4O2P2/c77-79(73(61-37-21-33-57(49-61)53-25-5-1-6-26-53)67-43-15-16-44-68(67)74(79)62-38-22-34-58(50-62)54-27-7-2-8-28-54)71-47-19-13-41-65(71)66-42-14-20-48-72(66)80(78)75(63-39-23-35-59(51-63)55-29-9-3-10-30-55)69-45-17-18-46-70(69)76(80)64-40-24-36-60(52-64)56-31-11-4-12-32-56/h1-52H. The molecule has 0 saturated heterocycles. The molecule has 0 fully saturated rings. The Hall–Kier alpha value is -9.70. The van der Waals surface area contributed by atoms with Gasteiger partial charge in [0.15, 0.2) is 0 Å².